The molecule has 0 aromatic rings. The first kappa shape index (κ1) is 21.8. The minimum absolute atomic E-state index is 0.410. The van der Waals surface area contributed by atoms with Crippen LogP contribution in [0.3, 0.4) is 0 Å². The lowest BCUT2D eigenvalue weighted by Gasteiger charge is -2.25. The van der Waals surface area contributed by atoms with Crippen molar-refractivity contribution >= 4 is 0 Å². The molecule has 0 unspecified atom stereocenters. The van der Waals surface area contributed by atoms with Crippen molar-refractivity contribution in [3.8, 4) is 0 Å². The van der Waals surface area contributed by atoms with Gasteiger partial charge in [-0.05, 0) is 18.3 Å². The number of rotatable bonds is 6. The maximum absolute atomic E-state index is 3.93. The zero-order valence-corrected chi connectivity index (χ0v) is 13.7. The average molecular weight is 243 g/mol. The van der Waals surface area contributed by atoms with Crippen molar-refractivity contribution in [1.82, 2.24) is 5.32 Å². The van der Waals surface area contributed by atoms with Crippen LogP contribution in [-0.2, 0) is 0 Å². The molecular weight excluding hydrogens is 206 g/mol. The maximum atomic E-state index is 3.93. The van der Waals surface area contributed by atoms with Crippen molar-refractivity contribution in [2.75, 3.05) is 6.54 Å². The number of hydrogen-bond donors (Lipinski definition) is 1. The predicted molar refractivity (Wildman–Crippen MR) is 83.4 cm³/mol. The Balaban J connectivity index is -0.000000337. The van der Waals surface area contributed by atoms with Gasteiger partial charge in [-0.3, -0.25) is 0 Å². The van der Waals surface area contributed by atoms with Crippen LogP contribution in [0.25, 0.3) is 0 Å². The summed E-state index contributed by atoms with van der Waals surface area (Å²) in [6.45, 7) is 22.2. The molecule has 0 radical (unpaired) electrons. The van der Waals surface area contributed by atoms with Gasteiger partial charge < -0.3 is 5.32 Å². The standard InChI is InChI=1S/C11H23N.C3H8.C2H6/c1-6-8-11(4,5)9-12-10(3)7-2;1-3-2;1-2/h12H,3,6-9H2,1-2,4-5H3;3H2,1-2H3;1-2H3. The van der Waals surface area contributed by atoms with Gasteiger partial charge in [-0.15, -0.1) is 0 Å². The van der Waals surface area contributed by atoms with Gasteiger partial charge in [0.1, 0.15) is 0 Å². The predicted octanol–water partition coefficient (Wildman–Crippen LogP) is 5.77. The summed E-state index contributed by atoms with van der Waals surface area (Å²) in [7, 11) is 0. The highest BCUT2D eigenvalue weighted by atomic mass is 14.9. The Kier molecular flexibility index (Phi) is 19.9. The second-order valence-corrected chi connectivity index (χ2v) is 4.93. The van der Waals surface area contributed by atoms with E-state index in [2.05, 4.69) is 53.4 Å². The van der Waals surface area contributed by atoms with Crippen LogP contribution in [0.2, 0.25) is 0 Å². The van der Waals surface area contributed by atoms with E-state index in [0.717, 1.165) is 18.7 Å². The van der Waals surface area contributed by atoms with E-state index in [4.69, 9.17) is 0 Å². The summed E-state index contributed by atoms with van der Waals surface area (Å²) in [4.78, 5) is 0. The largest absolute Gasteiger partial charge is 0.388 e. The summed E-state index contributed by atoms with van der Waals surface area (Å²) in [5, 5.41) is 3.36. The number of nitrogens with one attached hydrogen (secondary N) is 1. The normalized spacial score (nSPS) is 9.41. The molecule has 0 bridgehead atoms. The second kappa shape index (κ2) is 15.5. The van der Waals surface area contributed by atoms with Crippen molar-refractivity contribution < 1.29 is 0 Å². The summed E-state index contributed by atoms with van der Waals surface area (Å²) < 4.78 is 0. The van der Waals surface area contributed by atoms with E-state index in [1.54, 1.807) is 0 Å². The van der Waals surface area contributed by atoms with E-state index in [-0.39, 0.29) is 0 Å². The molecule has 17 heavy (non-hydrogen) atoms. The smallest absolute Gasteiger partial charge is 0.0195 e. The first-order valence-electron chi connectivity index (χ1n) is 7.35. The lowest BCUT2D eigenvalue weighted by molar-refractivity contribution is 0.321. The molecule has 0 rings (SSSR count). The van der Waals surface area contributed by atoms with Crippen molar-refractivity contribution in [3.63, 3.8) is 0 Å². The zero-order chi connectivity index (χ0) is 14.3. The van der Waals surface area contributed by atoms with E-state index in [1.165, 1.54) is 19.3 Å². The quantitative estimate of drug-likeness (QED) is 0.624. The minimum Gasteiger partial charge on any atom is -0.388 e. The molecule has 0 aliphatic heterocycles. The monoisotopic (exact) mass is 243 g/mol. The summed E-state index contributed by atoms with van der Waals surface area (Å²) in [6, 6.07) is 0. The van der Waals surface area contributed by atoms with E-state index in [9.17, 15) is 0 Å². The van der Waals surface area contributed by atoms with Gasteiger partial charge >= 0.3 is 0 Å². The molecule has 1 nitrogen and oxygen atoms in total. The minimum atomic E-state index is 0.410. The molecule has 0 amide bonds. The second-order valence-electron chi connectivity index (χ2n) is 4.93. The Hall–Kier alpha value is -0.460. The van der Waals surface area contributed by atoms with Crippen LogP contribution in [0.1, 0.15) is 81.1 Å². The van der Waals surface area contributed by atoms with Crippen molar-refractivity contribution in [3.05, 3.63) is 12.3 Å². The van der Waals surface area contributed by atoms with Gasteiger partial charge in [0.05, 0.1) is 0 Å². The van der Waals surface area contributed by atoms with Crippen molar-refractivity contribution in [2.24, 2.45) is 5.41 Å². The fourth-order valence-corrected chi connectivity index (χ4v) is 1.25. The molecule has 1 N–H and O–H groups in total. The van der Waals surface area contributed by atoms with E-state index in [1.807, 2.05) is 13.8 Å². The highest BCUT2D eigenvalue weighted by Crippen LogP contribution is 2.20. The third kappa shape index (κ3) is 21.4. The topological polar surface area (TPSA) is 12.0 Å². The Morgan fingerprint density at radius 2 is 1.47 bits per heavy atom. The lowest BCUT2D eigenvalue weighted by Crippen LogP contribution is -2.28. The summed E-state index contributed by atoms with van der Waals surface area (Å²) in [6.07, 6.45) is 4.81. The molecule has 0 aliphatic rings. The molecule has 0 aromatic heterocycles. The first-order valence-corrected chi connectivity index (χ1v) is 7.35. The molecule has 0 saturated heterocycles. The van der Waals surface area contributed by atoms with Crippen LogP contribution in [-0.4, -0.2) is 6.54 Å². The fourth-order valence-electron chi connectivity index (χ4n) is 1.25. The molecule has 0 atom stereocenters. The molecule has 0 aliphatic carbocycles. The van der Waals surface area contributed by atoms with Crippen LogP contribution < -0.4 is 5.32 Å². The highest BCUT2D eigenvalue weighted by molar-refractivity contribution is 4.90. The third-order valence-corrected chi connectivity index (χ3v) is 2.17. The van der Waals surface area contributed by atoms with Crippen LogP contribution in [0.5, 0.6) is 0 Å². The Morgan fingerprint density at radius 3 is 1.76 bits per heavy atom. The van der Waals surface area contributed by atoms with E-state index < -0.39 is 0 Å². The molecule has 0 spiro atoms. The lowest BCUT2D eigenvalue weighted by atomic mass is 9.88. The molecule has 0 fully saturated rings. The summed E-state index contributed by atoms with van der Waals surface area (Å²) in [5.41, 5.74) is 1.56. The van der Waals surface area contributed by atoms with Crippen LogP contribution in [0, 0.1) is 5.41 Å². The third-order valence-electron chi connectivity index (χ3n) is 2.17. The Morgan fingerprint density at radius 1 is 1.06 bits per heavy atom. The SMILES string of the molecule is C=C(CC)NCC(C)(C)CCC.CC.CCC. The van der Waals surface area contributed by atoms with Gasteiger partial charge in [-0.2, -0.15) is 0 Å². The fraction of sp³-hybridized carbons (Fsp3) is 0.875. The maximum Gasteiger partial charge on any atom is 0.0195 e. The Labute approximate surface area is 111 Å². The van der Waals surface area contributed by atoms with Gasteiger partial charge in [0, 0.05) is 12.2 Å². The molecule has 0 heterocycles. The van der Waals surface area contributed by atoms with Crippen LogP contribution in [0.4, 0.5) is 0 Å². The van der Waals surface area contributed by atoms with Gasteiger partial charge in [-0.25, -0.2) is 0 Å². The van der Waals surface area contributed by atoms with Crippen LogP contribution >= 0.6 is 0 Å². The zero-order valence-electron chi connectivity index (χ0n) is 13.7. The first-order chi connectivity index (χ1) is 7.93. The summed E-state index contributed by atoms with van der Waals surface area (Å²) in [5.74, 6) is 0. The van der Waals surface area contributed by atoms with Gasteiger partial charge in [0.25, 0.3) is 0 Å². The molecule has 0 aromatic carbocycles. The highest BCUT2D eigenvalue weighted by Gasteiger charge is 2.15. The van der Waals surface area contributed by atoms with Gasteiger partial charge in [0.2, 0.25) is 0 Å². The van der Waals surface area contributed by atoms with Crippen LogP contribution in [0.15, 0.2) is 12.3 Å². The average Bonchev–Trinajstić information content (AvgIpc) is 2.30. The van der Waals surface area contributed by atoms with E-state index >= 15 is 0 Å². The molecular formula is C16H37N. The van der Waals surface area contributed by atoms with Crippen molar-refractivity contribution in [2.45, 2.75) is 81.1 Å². The van der Waals surface area contributed by atoms with Crippen molar-refractivity contribution in [1.29, 1.82) is 0 Å². The van der Waals surface area contributed by atoms with Gasteiger partial charge in [0.15, 0.2) is 0 Å². The number of hydrogen-bond acceptors (Lipinski definition) is 1. The summed E-state index contributed by atoms with van der Waals surface area (Å²) >= 11 is 0. The molecule has 0 saturated carbocycles. The van der Waals surface area contributed by atoms with Gasteiger partial charge in [-0.1, -0.05) is 74.8 Å². The molecule has 106 valence electrons. The molecule has 1 heteroatoms. The van der Waals surface area contributed by atoms with E-state index in [0.29, 0.717) is 5.41 Å². The Bertz CT molecular complexity index is 148. The number of allylic oxidation sites excluding steroid dienone is 1.